The first-order chi connectivity index (χ1) is 11.6. The highest BCUT2D eigenvalue weighted by molar-refractivity contribution is 7.89. The first-order valence-electron chi connectivity index (χ1n) is 7.63. The van der Waals surface area contributed by atoms with Crippen LogP contribution in [0.1, 0.15) is 23.7 Å². The largest absolute Gasteiger partial charge is 0.469 e. The van der Waals surface area contributed by atoms with Crippen molar-refractivity contribution in [2.24, 2.45) is 7.05 Å². The highest BCUT2D eigenvalue weighted by Gasteiger charge is 2.20. The number of aryl methyl sites for hydroxylation is 1. The third-order valence-corrected chi connectivity index (χ3v) is 5.22. The summed E-state index contributed by atoms with van der Waals surface area (Å²) in [6.07, 6.45) is 5.04. The molecule has 3 rings (SSSR count). The lowest BCUT2D eigenvalue weighted by Gasteiger charge is -2.15. The SMILES string of the molecule is Cn1cc(S(=O)(=O)NCCC(c2ccccc2)c2ccco2)cn1. The van der Waals surface area contributed by atoms with Crippen molar-refractivity contribution in [3.63, 3.8) is 0 Å². The number of nitrogens with zero attached hydrogens (tertiary/aromatic N) is 2. The quantitative estimate of drug-likeness (QED) is 0.714. The van der Waals surface area contributed by atoms with E-state index in [1.807, 2.05) is 42.5 Å². The van der Waals surface area contributed by atoms with Crippen LogP contribution in [-0.2, 0) is 17.1 Å². The van der Waals surface area contributed by atoms with Crippen LogP contribution in [0.5, 0.6) is 0 Å². The van der Waals surface area contributed by atoms with Crippen LogP contribution in [0.3, 0.4) is 0 Å². The van der Waals surface area contributed by atoms with Crippen molar-refractivity contribution in [2.45, 2.75) is 17.2 Å². The summed E-state index contributed by atoms with van der Waals surface area (Å²) in [6.45, 7) is 0.303. The molecule has 0 bridgehead atoms. The van der Waals surface area contributed by atoms with Crippen molar-refractivity contribution in [2.75, 3.05) is 6.54 Å². The molecule has 126 valence electrons. The zero-order valence-electron chi connectivity index (χ0n) is 13.3. The van der Waals surface area contributed by atoms with Crippen molar-refractivity contribution in [1.82, 2.24) is 14.5 Å². The van der Waals surface area contributed by atoms with Gasteiger partial charge >= 0.3 is 0 Å². The number of aromatic nitrogens is 2. The fourth-order valence-corrected chi connectivity index (χ4v) is 3.64. The molecule has 6 nitrogen and oxygen atoms in total. The van der Waals surface area contributed by atoms with Crippen LogP contribution in [0.2, 0.25) is 0 Å². The smallest absolute Gasteiger partial charge is 0.243 e. The van der Waals surface area contributed by atoms with Crippen LogP contribution >= 0.6 is 0 Å². The standard InChI is InChI=1S/C17H19N3O3S/c1-20-13-15(12-18-20)24(21,22)19-10-9-16(17-8-5-11-23-17)14-6-3-2-4-7-14/h2-8,11-13,16,19H,9-10H2,1H3. The second-order valence-electron chi connectivity index (χ2n) is 5.51. The van der Waals surface area contributed by atoms with E-state index in [4.69, 9.17) is 4.42 Å². The molecule has 0 saturated heterocycles. The van der Waals surface area contributed by atoms with Gasteiger partial charge in [0.15, 0.2) is 0 Å². The molecule has 1 unspecified atom stereocenters. The van der Waals surface area contributed by atoms with Crippen molar-refractivity contribution in [3.8, 4) is 0 Å². The predicted molar refractivity (Wildman–Crippen MR) is 90.0 cm³/mol. The van der Waals surface area contributed by atoms with E-state index in [1.165, 1.54) is 17.1 Å². The molecule has 0 aliphatic rings. The summed E-state index contributed by atoms with van der Waals surface area (Å²) in [7, 11) is -1.87. The Bertz CT molecular complexity index is 871. The summed E-state index contributed by atoms with van der Waals surface area (Å²) in [4.78, 5) is 0.166. The van der Waals surface area contributed by atoms with Crippen molar-refractivity contribution < 1.29 is 12.8 Å². The summed E-state index contributed by atoms with van der Waals surface area (Å²) in [5.41, 5.74) is 1.09. The Labute approximate surface area is 141 Å². The zero-order chi connectivity index (χ0) is 17.0. The van der Waals surface area contributed by atoms with Gasteiger partial charge in [-0.2, -0.15) is 5.10 Å². The maximum absolute atomic E-state index is 12.3. The predicted octanol–water partition coefficient (Wildman–Crippen LogP) is 2.51. The number of benzene rings is 1. The molecule has 0 fully saturated rings. The summed E-state index contributed by atoms with van der Waals surface area (Å²) < 4.78 is 34.1. The Morgan fingerprint density at radius 2 is 2.00 bits per heavy atom. The van der Waals surface area contributed by atoms with Crippen molar-refractivity contribution in [3.05, 3.63) is 72.4 Å². The Morgan fingerprint density at radius 3 is 2.62 bits per heavy atom. The molecule has 1 N–H and O–H groups in total. The Balaban J connectivity index is 1.71. The minimum Gasteiger partial charge on any atom is -0.469 e. The second-order valence-corrected chi connectivity index (χ2v) is 7.28. The molecule has 2 heterocycles. The number of furan rings is 1. The van der Waals surface area contributed by atoms with Gasteiger partial charge in [-0.1, -0.05) is 30.3 Å². The van der Waals surface area contributed by atoms with E-state index in [0.29, 0.717) is 13.0 Å². The van der Waals surface area contributed by atoms with E-state index in [0.717, 1.165) is 11.3 Å². The number of hydrogen-bond acceptors (Lipinski definition) is 4. The second kappa shape index (κ2) is 7.02. The fourth-order valence-electron chi connectivity index (χ4n) is 2.61. The topological polar surface area (TPSA) is 77.1 Å². The number of nitrogens with one attached hydrogen (secondary N) is 1. The molecule has 2 aromatic heterocycles. The molecule has 1 atom stereocenters. The molecular formula is C17H19N3O3S. The maximum atomic E-state index is 12.3. The lowest BCUT2D eigenvalue weighted by atomic mass is 9.93. The highest BCUT2D eigenvalue weighted by Crippen LogP contribution is 2.28. The van der Waals surface area contributed by atoms with Gasteiger partial charge in [0.1, 0.15) is 10.7 Å². The average Bonchev–Trinajstić information content (AvgIpc) is 3.24. The van der Waals surface area contributed by atoms with Crippen molar-refractivity contribution >= 4 is 10.0 Å². The van der Waals surface area contributed by atoms with Crippen LogP contribution in [0.25, 0.3) is 0 Å². The van der Waals surface area contributed by atoms with Crippen LogP contribution in [-0.4, -0.2) is 24.7 Å². The molecule has 3 aromatic rings. The van der Waals surface area contributed by atoms with Gasteiger partial charge in [-0.25, -0.2) is 13.1 Å². The van der Waals surface area contributed by atoms with Crippen LogP contribution < -0.4 is 4.72 Å². The first-order valence-corrected chi connectivity index (χ1v) is 9.11. The third kappa shape index (κ3) is 3.74. The van der Waals surface area contributed by atoms with Gasteiger partial charge in [-0.15, -0.1) is 0 Å². The highest BCUT2D eigenvalue weighted by atomic mass is 32.2. The van der Waals surface area contributed by atoms with Gasteiger partial charge in [0.25, 0.3) is 0 Å². The molecular weight excluding hydrogens is 326 g/mol. The molecule has 7 heteroatoms. The zero-order valence-corrected chi connectivity index (χ0v) is 14.1. The summed E-state index contributed by atoms with van der Waals surface area (Å²) in [5, 5.41) is 3.90. The first kappa shape index (κ1) is 16.5. The van der Waals surface area contributed by atoms with Crippen LogP contribution in [0, 0.1) is 0 Å². The fraction of sp³-hybridized carbons (Fsp3) is 0.235. The summed E-state index contributed by atoms with van der Waals surface area (Å²) in [5.74, 6) is 0.819. The third-order valence-electron chi connectivity index (χ3n) is 3.81. The number of rotatable bonds is 7. The summed E-state index contributed by atoms with van der Waals surface area (Å²) >= 11 is 0. The van der Waals surface area contributed by atoms with E-state index in [-0.39, 0.29) is 10.8 Å². The van der Waals surface area contributed by atoms with Gasteiger partial charge in [0.2, 0.25) is 10.0 Å². The molecule has 0 aliphatic carbocycles. The van der Waals surface area contributed by atoms with Gasteiger partial charge < -0.3 is 4.42 Å². The maximum Gasteiger partial charge on any atom is 0.243 e. The van der Waals surface area contributed by atoms with Crippen molar-refractivity contribution in [1.29, 1.82) is 0 Å². The molecule has 0 spiro atoms. The summed E-state index contributed by atoms with van der Waals surface area (Å²) in [6, 6.07) is 13.7. The van der Waals surface area contributed by atoms with Crippen LogP contribution in [0.15, 0.2) is 70.4 Å². The Hall–Kier alpha value is -2.38. The minimum absolute atomic E-state index is 0.00204. The van der Waals surface area contributed by atoms with E-state index in [1.54, 1.807) is 13.3 Å². The monoisotopic (exact) mass is 345 g/mol. The van der Waals surface area contributed by atoms with E-state index < -0.39 is 10.0 Å². The number of sulfonamides is 1. The molecule has 0 amide bonds. The molecule has 0 saturated carbocycles. The molecule has 1 aromatic carbocycles. The lowest BCUT2D eigenvalue weighted by Crippen LogP contribution is -2.25. The van der Waals surface area contributed by atoms with Gasteiger partial charge in [-0.05, 0) is 24.1 Å². The normalized spacial score (nSPS) is 13.0. The van der Waals surface area contributed by atoms with E-state index in [2.05, 4.69) is 9.82 Å². The Morgan fingerprint density at radius 1 is 1.21 bits per heavy atom. The average molecular weight is 345 g/mol. The van der Waals surface area contributed by atoms with E-state index >= 15 is 0 Å². The minimum atomic E-state index is -3.55. The van der Waals surface area contributed by atoms with Gasteiger partial charge in [0, 0.05) is 25.7 Å². The molecule has 0 aliphatic heterocycles. The number of hydrogen-bond donors (Lipinski definition) is 1. The molecule has 24 heavy (non-hydrogen) atoms. The lowest BCUT2D eigenvalue weighted by molar-refractivity contribution is 0.472. The van der Waals surface area contributed by atoms with E-state index in [9.17, 15) is 8.42 Å². The van der Waals surface area contributed by atoms with Crippen LogP contribution in [0.4, 0.5) is 0 Å². The van der Waals surface area contributed by atoms with Gasteiger partial charge in [-0.3, -0.25) is 4.68 Å². The Kier molecular flexibility index (Phi) is 4.82. The van der Waals surface area contributed by atoms with Gasteiger partial charge in [0.05, 0.1) is 12.5 Å². The molecule has 0 radical (unpaired) electrons.